The summed E-state index contributed by atoms with van der Waals surface area (Å²) >= 11 is 0. The highest BCUT2D eigenvalue weighted by Gasteiger charge is 2.24. The molecule has 1 saturated heterocycles. The minimum absolute atomic E-state index is 0.0668. The molecule has 24 heavy (non-hydrogen) atoms. The van der Waals surface area contributed by atoms with Crippen LogP contribution in [0.25, 0.3) is 11.3 Å². The van der Waals surface area contributed by atoms with Crippen molar-refractivity contribution in [2.75, 3.05) is 32.2 Å². The average Bonchev–Trinajstić information content (AvgIpc) is 2.55. The highest BCUT2D eigenvalue weighted by atomic mass is 32.2. The summed E-state index contributed by atoms with van der Waals surface area (Å²) in [6.07, 6.45) is 0. The third kappa shape index (κ3) is 3.84. The Kier molecular flexibility index (Phi) is 4.70. The van der Waals surface area contributed by atoms with Crippen molar-refractivity contribution in [1.29, 1.82) is 0 Å². The Balaban J connectivity index is 1.92. The van der Waals surface area contributed by atoms with Crippen LogP contribution in [0, 0.1) is 0 Å². The molecule has 0 spiro atoms. The summed E-state index contributed by atoms with van der Waals surface area (Å²) < 4.78 is 35.7. The SMILES string of the molecule is O=c1cc(-c2ccc(O)cc2)oc(S(=O)(=O)CN2CCOCC2)c1. The predicted octanol–water partition coefficient (Wildman–Crippen LogP) is 1.08. The highest BCUT2D eigenvalue weighted by molar-refractivity contribution is 7.91. The number of sulfone groups is 1. The molecule has 128 valence electrons. The number of phenolic OH excluding ortho intramolecular Hbond substituents is 1. The lowest BCUT2D eigenvalue weighted by Gasteiger charge is -2.25. The summed E-state index contributed by atoms with van der Waals surface area (Å²) in [6, 6.07) is 8.17. The van der Waals surface area contributed by atoms with Crippen molar-refractivity contribution >= 4 is 9.84 Å². The van der Waals surface area contributed by atoms with Crippen LogP contribution in [-0.2, 0) is 14.6 Å². The molecule has 7 nitrogen and oxygen atoms in total. The first kappa shape index (κ1) is 16.7. The molecule has 1 aromatic carbocycles. The Labute approximate surface area is 139 Å². The first-order chi connectivity index (χ1) is 11.4. The van der Waals surface area contributed by atoms with Crippen molar-refractivity contribution in [3.05, 3.63) is 46.6 Å². The van der Waals surface area contributed by atoms with Crippen LogP contribution in [0.3, 0.4) is 0 Å². The molecule has 0 saturated carbocycles. The van der Waals surface area contributed by atoms with Crippen molar-refractivity contribution in [3.63, 3.8) is 0 Å². The Bertz CT molecular complexity index is 866. The van der Waals surface area contributed by atoms with Gasteiger partial charge < -0.3 is 14.3 Å². The fourth-order valence-electron chi connectivity index (χ4n) is 2.41. The van der Waals surface area contributed by atoms with Gasteiger partial charge in [0.2, 0.25) is 14.9 Å². The summed E-state index contributed by atoms with van der Waals surface area (Å²) in [6.45, 7) is 1.99. The van der Waals surface area contributed by atoms with Gasteiger partial charge in [0.25, 0.3) is 0 Å². The molecule has 0 atom stereocenters. The van der Waals surface area contributed by atoms with Crippen LogP contribution in [0.5, 0.6) is 5.75 Å². The van der Waals surface area contributed by atoms with Gasteiger partial charge >= 0.3 is 0 Å². The molecule has 1 N–H and O–H groups in total. The van der Waals surface area contributed by atoms with Gasteiger partial charge in [-0.1, -0.05) is 0 Å². The zero-order valence-corrected chi connectivity index (χ0v) is 13.7. The third-order valence-electron chi connectivity index (χ3n) is 3.66. The fourth-order valence-corrected chi connectivity index (χ4v) is 3.79. The van der Waals surface area contributed by atoms with E-state index in [1.54, 1.807) is 17.0 Å². The van der Waals surface area contributed by atoms with Crippen LogP contribution in [0.4, 0.5) is 0 Å². The van der Waals surface area contributed by atoms with E-state index in [1.165, 1.54) is 18.2 Å². The van der Waals surface area contributed by atoms with Gasteiger partial charge in [0.15, 0.2) is 5.43 Å². The lowest BCUT2D eigenvalue weighted by molar-refractivity contribution is 0.0463. The molecule has 2 aromatic rings. The number of ether oxygens (including phenoxy) is 1. The van der Waals surface area contributed by atoms with Crippen molar-refractivity contribution in [2.45, 2.75) is 5.09 Å². The van der Waals surface area contributed by atoms with E-state index in [0.29, 0.717) is 31.9 Å². The summed E-state index contributed by atoms with van der Waals surface area (Å²) in [7, 11) is -3.77. The predicted molar refractivity (Wildman–Crippen MR) is 86.5 cm³/mol. The maximum absolute atomic E-state index is 12.5. The van der Waals surface area contributed by atoms with Gasteiger partial charge in [-0.25, -0.2) is 8.42 Å². The molecule has 0 amide bonds. The first-order valence-corrected chi connectivity index (χ1v) is 9.07. The number of aromatic hydroxyl groups is 1. The van der Waals surface area contributed by atoms with E-state index >= 15 is 0 Å². The monoisotopic (exact) mass is 351 g/mol. The van der Waals surface area contributed by atoms with Crippen LogP contribution in [0.1, 0.15) is 0 Å². The number of benzene rings is 1. The third-order valence-corrected chi connectivity index (χ3v) is 5.18. The molecule has 1 aliphatic heterocycles. The Morgan fingerprint density at radius 2 is 1.75 bits per heavy atom. The van der Waals surface area contributed by atoms with E-state index in [1.807, 2.05) is 0 Å². The number of rotatable bonds is 4. The highest BCUT2D eigenvalue weighted by Crippen LogP contribution is 2.23. The summed E-state index contributed by atoms with van der Waals surface area (Å²) in [5.74, 6) is -0.0153. The molecule has 0 bridgehead atoms. The normalized spacial score (nSPS) is 16.2. The van der Waals surface area contributed by atoms with Gasteiger partial charge in [0.05, 0.1) is 13.2 Å². The van der Waals surface area contributed by atoms with E-state index in [9.17, 15) is 18.3 Å². The minimum atomic E-state index is -3.77. The lowest BCUT2D eigenvalue weighted by atomic mass is 10.1. The molecule has 0 aliphatic carbocycles. The van der Waals surface area contributed by atoms with Gasteiger partial charge in [-0.3, -0.25) is 9.69 Å². The zero-order chi connectivity index (χ0) is 17.2. The number of hydrogen-bond donors (Lipinski definition) is 1. The van der Waals surface area contributed by atoms with E-state index < -0.39 is 15.3 Å². The second-order valence-corrected chi connectivity index (χ2v) is 7.39. The van der Waals surface area contributed by atoms with Crippen LogP contribution in [0.2, 0.25) is 0 Å². The van der Waals surface area contributed by atoms with Crippen LogP contribution in [0.15, 0.2) is 50.7 Å². The lowest BCUT2D eigenvalue weighted by Crippen LogP contribution is -2.39. The van der Waals surface area contributed by atoms with Crippen molar-refractivity contribution in [2.24, 2.45) is 0 Å². The Morgan fingerprint density at radius 1 is 1.08 bits per heavy atom. The topological polar surface area (TPSA) is 97.0 Å². The molecule has 8 heteroatoms. The molecule has 3 rings (SSSR count). The molecular weight excluding hydrogens is 334 g/mol. The zero-order valence-electron chi connectivity index (χ0n) is 12.8. The van der Waals surface area contributed by atoms with E-state index in [-0.39, 0.29) is 22.5 Å². The molecule has 0 radical (unpaired) electrons. The molecule has 1 fully saturated rings. The van der Waals surface area contributed by atoms with Gasteiger partial charge in [-0.05, 0) is 24.3 Å². The second kappa shape index (κ2) is 6.76. The second-order valence-electron chi connectivity index (χ2n) is 5.50. The Morgan fingerprint density at radius 3 is 2.42 bits per heavy atom. The van der Waals surface area contributed by atoms with Crippen molar-refractivity contribution in [3.8, 4) is 17.1 Å². The minimum Gasteiger partial charge on any atom is -0.508 e. The van der Waals surface area contributed by atoms with Gasteiger partial charge in [0.1, 0.15) is 17.4 Å². The molecule has 1 aromatic heterocycles. The maximum atomic E-state index is 12.5. The maximum Gasteiger partial charge on any atom is 0.224 e. The van der Waals surface area contributed by atoms with E-state index in [4.69, 9.17) is 9.15 Å². The molecule has 2 heterocycles. The fraction of sp³-hybridized carbons (Fsp3) is 0.312. The number of phenols is 1. The summed E-state index contributed by atoms with van der Waals surface area (Å²) in [5.41, 5.74) is 0.0539. The summed E-state index contributed by atoms with van der Waals surface area (Å²) in [5, 5.41) is 8.96. The van der Waals surface area contributed by atoms with Crippen molar-refractivity contribution in [1.82, 2.24) is 4.90 Å². The van der Waals surface area contributed by atoms with Crippen LogP contribution in [-0.4, -0.2) is 50.6 Å². The first-order valence-electron chi connectivity index (χ1n) is 7.41. The van der Waals surface area contributed by atoms with E-state index in [2.05, 4.69) is 0 Å². The van der Waals surface area contributed by atoms with Crippen LogP contribution >= 0.6 is 0 Å². The largest absolute Gasteiger partial charge is 0.508 e. The molecular formula is C16H17NO6S. The van der Waals surface area contributed by atoms with Crippen LogP contribution < -0.4 is 5.43 Å². The van der Waals surface area contributed by atoms with Crippen molar-refractivity contribution < 1.29 is 22.7 Å². The molecule has 1 aliphatic rings. The van der Waals surface area contributed by atoms with Gasteiger partial charge in [0, 0.05) is 30.8 Å². The molecule has 0 unspecified atom stereocenters. The average molecular weight is 351 g/mol. The standard InChI is InChI=1S/C16H17NO6S/c18-13-3-1-12(2-4-13)15-9-14(19)10-16(23-15)24(20,21)11-17-5-7-22-8-6-17/h1-4,9-10,18H,5-8,11H2. The summed E-state index contributed by atoms with van der Waals surface area (Å²) in [4.78, 5) is 13.6. The number of morpholine rings is 1. The smallest absolute Gasteiger partial charge is 0.224 e. The number of nitrogens with zero attached hydrogens (tertiary/aromatic N) is 1. The van der Waals surface area contributed by atoms with Gasteiger partial charge in [-0.15, -0.1) is 0 Å². The number of hydrogen-bond acceptors (Lipinski definition) is 7. The Hall–Kier alpha value is -2.16. The van der Waals surface area contributed by atoms with Gasteiger partial charge in [-0.2, -0.15) is 0 Å². The quantitative estimate of drug-likeness (QED) is 0.880. The van der Waals surface area contributed by atoms with E-state index in [0.717, 1.165) is 6.07 Å².